The summed E-state index contributed by atoms with van der Waals surface area (Å²) >= 11 is 1.09. The molecule has 3 rings (SSSR count). The minimum atomic E-state index is -1.93. The minimum absolute atomic E-state index is 0.0273. The van der Waals surface area contributed by atoms with E-state index in [0.717, 1.165) is 35.5 Å². The number of aromatic nitrogens is 1. The third kappa shape index (κ3) is 11.2. The maximum absolute atomic E-state index is 15.0. The molecular weight excluding hydrogens is 630 g/mol. The lowest BCUT2D eigenvalue weighted by Gasteiger charge is -2.41. The van der Waals surface area contributed by atoms with Gasteiger partial charge in [-0.2, -0.15) is 0 Å². The summed E-state index contributed by atoms with van der Waals surface area (Å²) < 4.78 is 31.2. The fraction of sp³-hybridized carbons (Fsp3) is 0.441. The van der Waals surface area contributed by atoms with Gasteiger partial charge in [0.05, 0.1) is 24.3 Å². The Balaban J connectivity index is 1.96. The second-order valence-corrected chi connectivity index (χ2v) is 13.4. The Morgan fingerprint density at radius 3 is 2.36 bits per heavy atom. The number of carboxylic acid groups (broad SMARTS) is 1. The largest absolute Gasteiger partial charge is 0.481 e. The molecule has 0 saturated heterocycles. The Morgan fingerprint density at radius 2 is 1.74 bits per heavy atom. The van der Waals surface area contributed by atoms with Gasteiger partial charge in [0.2, 0.25) is 11.8 Å². The van der Waals surface area contributed by atoms with Crippen molar-refractivity contribution in [2.24, 2.45) is 11.1 Å². The molecule has 1 aromatic heterocycles. The summed E-state index contributed by atoms with van der Waals surface area (Å²) in [5, 5.41) is 30.8. The lowest BCUT2D eigenvalue weighted by atomic mass is 9.83. The van der Waals surface area contributed by atoms with E-state index in [1.54, 1.807) is 17.2 Å². The predicted octanol–water partition coefficient (Wildman–Crippen LogP) is 4.14. The van der Waals surface area contributed by atoms with Gasteiger partial charge in [0.25, 0.3) is 0 Å². The molecule has 0 saturated carbocycles. The average Bonchev–Trinajstić information content (AvgIpc) is 3.40. The minimum Gasteiger partial charge on any atom is -0.481 e. The van der Waals surface area contributed by atoms with Crippen molar-refractivity contribution in [2.45, 2.75) is 65.0 Å². The number of nitrogens with zero attached hydrogens (tertiary/aromatic N) is 2. The number of halogens is 2. The Hall–Kier alpha value is -3.78. The molecule has 256 valence electrons. The first kappa shape index (κ1) is 37.7. The van der Waals surface area contributed by atoms with Crippen molar-refractivity contribution in [1.82, 2.24) is 14.8 Å². The van der Waals surface area contributed by atoms with Crippen molar-refractivity contribution >= 4 is 29.5 Å². The van der Waals surface area contributed by atoms with Crippen LogP contribution in [0.5, 0.6) is 0 Å². The predicted molar refractivity (Wildman–Crippen MR) is 177 cm³/mol. The van der Waals surface area contributed by atoms with E-state index >= 15 is 0 Å². The number of benzene rings is 2. The SMILES string of the molecule is CC(C)(C)[C@H](c1cc(-c2cc(F)ccc2F)cn1Cc1ccccc1)N(CCCN)C(=O)CSC[C@H](NC(=O)CCC(=O)O)C(O)O. The van der Waals surface area contributed by atoms with Crippen molar-refractivity contribution in [1.29, 1.82) is 0 Å². The van der Waals surface area contributed by atoms with Gasteiger partial charge >= 0.3 is 5.97 Å². The van der Waals surface area contributed by atoms with Crippen LogP contribution >= 0.6 is 11.8 Å². The zero-order chi connectivity index (χ0) is 34.7. The van der Waals surface area contributed by atoms with Crippen LogP contribution in [0.2, 0.25) is 0 Å². The van der Waals surface area contributed by atoms with Gasteiger partial charge in [-0.25, -0.2) is 8.78 Å². The lowest BCUT2D eigenvalue weighted by molar-refractivity contribution is -0.139. The number of carbonyl (C=O) groups is 3. The Morgan fingerprint density at radius 1 is 1.04 bits per heavy atom. The monoisotopic (exact) mass is 674 g/mol. The van der Waals surface area contributed by atoms with E-state index in [4.69, 9.17) is 10.8 Å². The number of aliphatic carboxylic acids is 1. The first-order valence-electron chi connectivity index (χ1n) is 15.3. The fourth-order valence-electron chi connectivity index (χ4n) is 5.33. The third-order valence-corrected chi connectivity index (χ3v) is 8.54. The number of hydrogen-bond acceptors (Lipinski definition) is 7. The number of carboxylic acids is 1. The third-order valence-electron chi connectivity index (χ3n) is 7.50. The number of rotatable bonds is 17. The van der Waals surface area contributed by atoms with Crippen molar-refractivity contribution in [2.75, 3.05) is 24.6 Å². The highest BCUT2D eigenvalue weighted by molar-refractivity contribution is 8.00. The zero-order valence-electron chi connectivity index (χ0n) is 26.9. The maximum atomic E-state index is 15.0. The molecule has 0 spiro atoms. The molecule has 6 N–H and O–H groups in total. The highest BCUT2D eigenvalue weighted by Crippen LogP contribution is 2.41. The number of hydrogen-bond donors (Lipinski definition) is 5. The smallest absolute Gasteiger partial charge is 0.303 e. The van der Waals surface area contributed by atoms with Crippen LogP contribution in [0.15, 0.2) is 60.8 Å². The molecule has 0 fully saturated rings. The van der Waals surface area contributed by atoms with E-state index < -0.39 is 53.7 Å². The Labute approximate surface area is 278 Å². The molecule has 0 aliphatic rings. The molecule has 47 heavy (non-hydrogen) atoms. The summed E-state index contributed by atoms with van der Waals surface area (Å²) in [5.74, 6) is -3.33. The van der Waals surface area contributed by atoms with E-state index in [9.17, 15) is 33.4 Å². The van der Waals surface area contributed by atoms with Gasteiger partial charge in [0.15, 0.2) is 6.29 Å². The molecule has 13 heteroatoms. The second kappa shape index (κ2) is 17.4. The molecule has 10 nitrogen and oxygen atoms in total. The Kier molecular flexibility index (Phi) is 13.9. The van der Waals surface area contributed by atoms with Crippen LogP contribution < -0.4 is 11.1 Å². The van der Waals surface area contributed by atoms with Crippen LogP contribution in [0.4, 0.5) is 8.78 Å². The number of thioether (sulfide) groups is 1. The number of aliphatic hydroxyl groups is 2. The lowest BCUT2D eigenvalue weighted by Crippen LogP contribution is -2.46. The van der Waals surface area contributed by atoms with Gasteiger partial charge < -0.3 is 35.8 Å². The average molecular weight is 675 g/mol. The summed E-state index contributed by atoms with van der Waals surface area (Å²) in [7, 11) is 0. The van der Waals surface area contributed by atoms with Crippen LogP contribution in [0.1, 0.15) is 57.3 Å². The molecule has 0 unspecified atom stereocenters. The quantitative estimate of drug-likeness (QED) is 0.134. The molecule has 2 atom stereocenters. The number of aliphatic hydroxyl groups excluding tert-OH is 1. The van der Waals surface area contributed by atoms with Crippen LogP contribution in [0.3, 0.4) is 0 Å². The van der Waals surface area contributed by atoms with Crippen molar-refractivity contribution in [3.63, 3.8) is 0 Å². The van der Waals surface area contributed by atoms with Gasteiger partial charge in [0.1, 0.15) is 11.6 Å². The number of nitrogens with one attached hydrogen (secondary N) is 1. The van der Waals surface area contributed by atoms with Gasteiger partial charge in [0, 0.05) is 48.3 Å². The maximum Gasteiger partial charge on any atom is 0.303 e. The van der Waals surface area contributed by atoms with E-state index in [1.165, 1.54) is 0 Å². The number of amides is 2. The van der Waals surface area contributed by atoms with Crippen LogP contribution in [-0.2, 0) is 20.9 Å². The van der Waals surface area contributed by atoms with Crippen LogP contribution in [0.25, 0.3) is 11.1 Å². The standard InChI is InChI=1S/C34H44F2N4O6S/c1-34(2,3)32(40(15-7-14-37)30(42)21-47-20-27(33(45)46)38-29(41)12-13-31(43)44)28-16-23(25-17-24(35)10-11-26(25)36)19-39(28)18-22-8-5-4-6-9-22/h4-6,8-11,16-17,19,27,32-33,45-46H,7,12-15,18,20-21,37H2,1-3H3,(H,38,41)(H,43,44)/t27-,32-/m0/s1. The molecular formula is C34H44F2N4O6S. The van der Waals surface area contributed by atoms with Gasteiger partial charge in [-0.1, -0.05) is 51.1 Å². The second-order valence-electron chi connectivity index (χ2n) is 12.4. The van der Waals surface area contributed by atoms with Crippen LogP contribution in [0, 0.1) is 17.0 Å². The molecule has 2 amide bonds. The van der Waals surface area contributed by atoms with E-state index in [0.29, 0.717) is 37.3 Å². The van der Waals surface area contributed by atoms with Crippen LogP contribution in [-0.4, -0.2) is 79.5 Å². The summed E-state index contributed by atoms with van der Waals surface area (Å²) in [6, 6.07) is 13.0. The van der Waals surface area contributed by atoms with Crippen molar-refractivity contribution in [3.8, 4) is 11.1 Å². The number of carbonyl (C=O) groups excluding carboxylic acids is 2. The number of nitrogens with two attached hydrogens (primary N) is 1. The molecule has 0 radical (unpaired) electrons. The summed E-state index contributed by atoms with van der Waals surface area (Å²) in [4.78, 5) is 38.6. The normalized spacial score (nSPS) is 13.0. The van der Waals surface area contributed by atoms with Crippen molar-refractivity contribution < 1.29 is 38.5 Å². The first-order valence-corrected chi connectivity index (χ1v) is 16.5. The summed E-state index contributed by atoms with van der Waals surface area (Å²) in [5.41, 5.74) is 7.57. The zero-order valence-corrected chi connectivity index (χ0v) is 27.7. The van der Waals surface area contributed by atoms with Gasteiger partial charge in [-0.05, 0) is 48.2 Å². The fourth-order valence-corrected chi connectivity index (χ4v) is 6.30. The summed E-state index contributed by atoms with van der Waals surface area (Å²) in [6.45, 7) is 6.99. The van der Waals surface area contributed by atoms with Gasteiger partial charge in [-0.3, -0.25) is 14.4 Å². The van der Waals surface area contributed by atoms with Gasteiger partial charge in [-0.15, -0.1) is 11.8 Å². The molecule has 0 aliphatic heterocycles. The highest BCUT2D eigenvalue weighted by Gasteiger charge is 2.37. The van der Waals surface area contributed by atoms with E-state index in [-0.39, 0.29) is 29.4 Å². The molecule has 1 heterocycles. The Bertz CT molecular complexity index is 1500. The first-order chi connectivity index (χ1) is 22.2. The molecule has 2 aromatic carbocycles. The highest BCUT2D eigenvalue weighted by atomic mass is 32.2. The summed E-state index contributed by atoms with van der Waals surface area (Å²) in [6.07, 6.45) is -0.405. The molecule has 3 aromatic rings. The van der Waals surface area contributed by atoms with E-state index in [2.05, 4.69) is 5.32 Å². The van der Waals surface area contributed by atoms with Crippen molar-refractivity contribution in [3.05, 3.63) is 83.7 Å². The van der Waals surface area contributed by atoms with E-state index in [1.807, 2.05) is 55.7 Å². The molecule has 0 bridgehead atoms. The topological polar surface area (TPSA) is 158 Å². The molecule has 0 aliphatic carbocycles.